The van der Waals surface area contributed by atoms with Gasteiger partial charge in [-0.15, -0.1) is 36.2 Å². The highest BCUT2D eigenvalue weighted by Crippen LogP contribution is 2.24. The Bertz CT molecular complexity index is 522. The van der Waals surface area contributed by atoms with Gasteiger partial charge in [-0.1, -0.05) is 0 Å². The maximum atomic E-state index is 12.3. The molecule has 0 bridgehead atoms. The lowest BCUT2D eigenvalue weighted by atomic mass is 9.93. The van der Waals surface area contributed by atoms with Crippen LogP contribution < -0.4 is 11.1 Å². The van der Waals surface area contributed by atoms with E-state index < -0.39 is 12.7 Å². The largest absolute Gasteiger partial charge is 0.401 e. The third-order valence-electron chi connectivity index (χ3n) is 3.91. The average molecular weight is 423 g/mol. The minimum absolute atomic E-state index is 0. The van der Waals surface area contributed by atoms with E-state index in [1.165, 1.54) is 16.2 Å². The molecule has 2 rings (SSSR count). The number of aromatic nitrogens is 1. The Kier molecular flexibility index (Phi) is 10.9. The summed E-state index contributed by atoms with van der Waals surface area (Å²) in [6, 6.07) is 0. The van der Waals surface area contributed by atoms with Crippen LogP contribution in [-0.4, -0.2) is 48.1 Å². The first kappa shape index (κ1) is 24.4. The lowest BCUT2D eigenvalue weighted by molar-refractivity contribution is -0.148. The van der Waals surface area contributed by atoms with E-state index in [0.717, 1.165) is 19.3 Å². The third-order valence-corrected chi connectivity index (χ3v) is 4.78. The number of carbonyl (C=O) groups excluding carboxylic acids is 1. The van der Waals surface area contributed by atoms with Crippen LogP contribution in [0.25, 0.3) is 0 Å². The number of amides is 1. The number of rotatable bonds is 6. The molecule has 1 amide bonds. The molecule has 1 fully saturated rings. The van der Waals surface area contributed by atoms with E-state index in [1.54, 1.807) is 5.38 Å². The van der Waals surface area contributed by atoms with E-state index in [0.29, 0.717) is 42.8 Å². The van der Waals surface area contributed by atoms with Gasteiger partial charge in [0.25, 0.3) is 5.91 Å². The van der Waals surface area contributed by atoms with E-state index in [1.807, 2.05) is 0 Å². The van der Waals surface area contributed by atoms with Crippen molar-refractivity contribution in [2.75, 3.05) is 26.2 Å². The second-order valence-corrected chi connectivity index (χ2v) is 6.65. The Hall–Kier alpha value is -0.610. The van der Waals surface area contributed by atoms with Gasteiger partial charge >= 0.3 is 6.18 Å². The van der Waals surface area contributed by atoms with Crippen molar-refractivity contribution in [1.29, 1.82) is 0 Å². The normalized spacial score (nSPS) is 16.0. The average Bonchev–Trinajstić information content (AvgIpc) is 2.96. The Morgan fingerprint density at radius 1 is 1.36 bits per heavy atom. The van der Waals surface area contributed by atoms with Crippen LogP contribution in [0.15, 0.2) is 5.38 Å². The summed E-state index contributed by atoms with van der Waals surface area (Å²) < 4.78 is 36.9. The van der Waals surface area contributed by atoms with Crippen molar-refractivity contribution in [1.82, 2.24) is 15.2 Å². The zero-order valence-corrected chi connectivity index (χ0v) is 16.0. The molecule has 25 heavy (non-hydrogen) atoms. The minimum Gasteiger partial charge on any atom is -0.351 e. The number of nitrogens with zero attached hydrogens (tertiary/aromatic N) is 2. The summed E-state index contributed by atoms with van der Waals surface area (Å²) in [6.45, 7) is 0.921. The molecule has 1 aliphatic heterocycles. The Morgan fingerprint density at radius 3 is 2.52 bits per heavy atom. The molecule has 0 atom stereocenters. The number of nitrogens with one attached hydrogen (secondary N) is 1. The fourth-order valence-corrected chi connectivity index (χ4v) is 3.33. The molecule has 0 unspecified atom stereocenters. The van der Waals surface area contributed by atoms with Gasteiger partial charge in [-0.05, 0) is 38.3 Å². The number of hydrogen-bond donors (Lipinski definition) is 2. The highest BCUT2D eigenvalue weighted by molar-refractivity contribution is 7.09. The van der Waals surface area contributed by atoms with E-state index >= 15 is 0 Å². The molecule has 3 N–H and O–H groups in total. The summed E-state index contributed by atoms with van der Waals surface area (Å²) in [4.78, 5) is 17.4. The van der Waals surface area contributed by atoms with Gasteiger partial charge in [-0.2, -0.15) is 13.2 Å². The second-order valence-electron chi connectivity index (χ2n) is 5.71. The molecular weight excluding hydrogens is 400 g/mol. The summed E-state index contributed by atoms with van der Waals surface area (Å²) in [7, 11) is 0. The van der Waals surface area contributed by atoms with Crippen molar-refractivity contribution in [3.8, 4) is 0 Å². The molecule has 1 saturated heterocycles. The predicted octanol–water partition coefficient (Wildman–Crippen LogP) is 2.84. The molecule has 146 valence electrons. The summed E-state index contributed by atoms with van der Waals surface area (Å²) in [5.74, 6) is 0.130. The molecule has 0 aliphatic carbocycles. The maximum Gasteiger partial charge on any atom is 0.401 e. The van der Waals surface area contributed by atoms with E-state index in [-0.39, 0.29) is 30.7 Å². The number of hydrogen-bond acceptors (Lipinski definition) is 5. The van der Waals surface area contributed by atoms with Crippen molar-refractivity contribution < 1.29 is 18.0 Å². The molecule has 2 heterocycles. The number of carbonyl (C=O) groups is 1. The van der Waals surface area contributed by atoms with E-state index in [4.69, 9.17) is 5.73 Å². The fourth-order valence-electron chi connectivity index (χ4n) is 2.68. The quantitative estimate of drug-likeness (QED) is 0.739. The van der Waals surface area contributed by atoms with Crippen molar-refractivity contribution >= 4 is 42.1 Å². The number of piperidine rings is 1. The lowest BCUT2D eigenvalue weighted by Crippen LogP contribution is -2.40. The van der Waals surface area contributed by atoms with Crippen LogP contribution in [0.5, 0.6) is 0 Å². The highest BCUT2D eigenvalue weighted by Gasteiger charge is 2.32. The van der Waals surface area contributed by atoms with E-state index in [2.05, 4.69) is 10.3 Å². The predicted molar refractivity (Wildman–Crippen MR) is 96.7 cm³/mol. The van der Waals surface area contributed by atoms with Crippen molar-refractivity contribution in [2.24, 2.45) is 11.7 Å². The van der Waals surface area contributed by atoms with Gasteiger partial charge in [0.2, 0.25) is 0 Å². The van der Waals surface area contributed by atoms with Crippen LogP contribution in [0.3, 0.4) is 0 Å². The van der Waals surface area contributed by atoms with Gasteiger partial charge in [0.15, 0.2) is 0 Å². The van der Waals surface area contributed by atoms with Crippen LogP contribution in [0, 0.1) is 5.92 Å². The van der Waals surface area contributed by atoms with Crippen LogP contribution in [0.4, 0.5) is 13.2 Å². The molecule has 1 aromatic rings. The number of thiazole rings is 1. The molecule has 0 radical (unpaired) electrons. The summed E-state index contributed by atoms with van der Waals surface area (Å²) >= 11 is 1.35. The Labute approximate surface area is 161 Å². The highest BCUT2D eigenvalue weighted by atomic mass is 35.5. The summed E-state index contributed by atoms with van der Waals surface area (Å²) in [5.41, 5.74) is 5.82. The monoisotopic (exact) mass is 422 g/mol. The van der Waals surface area contributed by atoms with Crippen molar-refractivity contribution in [3.05, 3.63) is 16.1 Å². The van der Waals surface area contributed by atoms with Crippen LogP contribution in [0.2, 0.25) is 0 Å². The van der Waals surface area contributed by atoms with Crippen LogP contribution >= 0.6 is 36.2 Å². The molecule has 0 saturated carbocycles. The topological polar surface area (TPSA) is 71.2 Å². The standard InChI is InChI=1S/C14H21F3N4OS.2ClH/c15-14(16,17)9-21-5-2-10(3-6-21)1-4-19-13(22)11-8-23-12(7-18)20-11;;/h8,10H,1-7,9,18H2,(H,19,22);2*1H. The van der Waals surface area contributed by atoms with Gasteiger partial charge in [0.05, 0.1) is 6.54 Å². The molecule has 0 spiro atoms. The van der Waals surface area contributed by atoms with Crippen LogP contribution in [0.1, 0.15) is 34.8 Å². The number of halogens is 5. The molecule has 11 heteroatoms. The van der Waals surface area contributed by atoms with Crippen molar-refractivity contribution in [3.63, 3.8) is 0 Å². The van der Waals surface area contributed by atoms with E-state index in [9.17, 15) is 18.0 Å². The van der Waals surface area contributed by atoms with Crippen molar-refractivity contribution in [2.45, 2.75) is 32.0 Å². The lowest BCUT2D eigenvalue weighted by Gasteiger charge is -2.32. The Balaban J connectivity index is 0.00000288. The second kappa shape index (κ2) is 11.2. The first-order valence-corrected chi connectivity index (χ1v) is 8.47. The molecule has 1 aliphatic rings. The maximum absolute atomic E-state index is 12.3. The first-order valence-electron chi connectivity index (χ1n) is 7.59. The number of nitrogens with two attached hydrogens (primary N) is 1. The van der Waals surface area contributed by atoms with Gasteiger partial charge in [0, 0.05) is 18.5 Å². The number of alkyl halides is 3. The zero-order chi connectivity index (χ0) is 16.9. The zero-order valence-electron chi connectivity index (χ0n) is 13.6. The van der Waals surface area contributed by atoms with Gasteiger partial charge < -0.3 is 11.1 Å². The van der Waals surface area contributed by atoms with Gasteiger partial charge in [-0.3, -0.25) is 9.69 Å². The molecule has 1 aromatic heterocycles. The number of likely N-dealkylation sites (tertiary alicyclic amines) is 1. The Morgan fingerprint density at radius 2 is 2.00 bits per heavy atom. The molecule has 0 aromatic carbocycles. The van der Waals surface area contributed by atoms with Crippen LogP contribution in [-0.2, 0) is 6.54 Å². The third kappa shape index (κ3) is 8.54. The molecule has 5 nitrogen and oxygen atoms in total. The molecular formula is C14H23Cl2F3N4OS. The smallest absolute Gasteiger partial charge is 0.351 e. The SMILES string of the molecule is Cl.Cl.NCc1nc(C(=O)NCCC2CCN(CC(F)(F)F)CC2)cs1. The van der Waals surface area contributed by atoms with Gasteiger partial charge in [-0.25, -0.2) is 4.98 Å². The summed E-state index contributed by atoms with van der Waals surface area (Å²) in [5, 5.41) is 5.19. The first-order chi connectivity index (χ1) is 10.9. The fraction of sp³-hybridized carbons (Fsp3) is 0.714. The van der Waals surface area contributed by atoms with Gasteiger partial charge in [0.1, 0.15) is 10.7 Å². The minimum atomic E-state index is -4.13. The summed E-state index contributed by atoms with van der Waals surface area (Å²) in [6.07, 6.45) is -1.88.